The third-order valence-corrected chi connectivity index (χ3v) is 4.68. The van der Waals surface area contributed by atoms with Gasteiger partial charge in [-0.05, 0) is 31.4 Å². The number of hydrogen-bond donors (Lipinski definition) is 0. The Morgan fingerprint density at radius 1 is 1.26 bits per heavy atom. The Balaban J connectivity index is 1.84. The van der Waals surface area contributed by atoms with Crippen LogP contribution in [0.25, 0.3) is 0 Å². The largest absolute Gasteiger partial charge is 0.381 e. The van der Waals surface area contributed by atoms with Crippen LogP contribution in [0.2, 0.25) is 0 Å². The summed E-state index contributed by atoms with van der Waals surface area (Å²) < 4.78 is 5.43. The summed E-state index contributed by atoms with van der Waals surface area (Å²) in [6.07, 6.45) is 2.43. The quantitative estimate of drug-likeness (QED) is 0.742. The Hall–Kier alpha value is -0.380. The molecule has 0 aromatic heterocycles. The number of rotatable bonds is 6. The molecule has 2 rings (SSSR count). The first-order valence-corrected chi connectivity index (χ1v) is 8.29. The molecule has 1 saturated heterocycles. The molecular weight excluding hydrogens is 302 g/mol. The van der Waals surface area contributed by atoms with Crippen LogP contribution in [0.3, 0.4) is 0 Å². The molecule has 19 heavy (non-hydrogen) atoms. The van der Waals surface area contributed by atoms with Crippen molar-refractivity contribution >= 4 is 15.9 Å². The molecule has 3 heteroatoms. The second kappa shape index (κ2) is 8.03. The molecule has 0 bridgehead atoms. The molecule has 1 aromatic rings. The first-order valence-electron chi connectivity index (χ1n) is 7.16. The minimum absolute atomic E-state index is 0.575. The topological polar surface area (TPSA) is 12.5 Å². The number of benzene rings is 1. The molecule has 2 nitrogen and oxygen atoms in total. The van der Waals surface area contributed by atoms with E-state index in [-0.39, 0.29) is 0 Å². The highest BCUT2D eigenvalue weighted by Gasteiger charge is 2.18. The van der Waals surface area contributed by atoms with Crippen molar-refractivity contribution in [3.8, 4) is 0 Å². The lowest BCUT2D eigenvalue weighted by Gasteiger charge is -2.29. The molecule has 1 atom stereocenters. The van der Waals surface area contributed by atoms with E-state index in [9.17, 15) is 0 Å². The molecule has 1 aliphatic rings. The van der Waals surface area contributed by atoms with E-state index in [0.717, 1.165) is 31.0 Å². The Bertz CT molecular complexity index is 351. The van der Waals surface area contributed by atoms with Crippen LogP contribution in [0.15, 0.2) is 30.3 Å². The minimum Gasteiger partial charge on any atom is -0.381 e. The summed E-state index contributed by atoms with van der Waals surface area (Å²) >= 11 is 3.66. The summed E-state index contributed by atoms with van der Waals surface area (Å²) in [6.45, 7) is 4.20. The lowest BCUT2D eigenvalue weighted by atomic mass is 9.97. The van der Waals surface area contributed by atoms with Gasteiger partial charge in [0.05, 0.1) is 0 Å². The van der Waals surface area contributed by atoms with Crippen molar-refractivity contribution in [2.24, 2.45) is 5.92 Å². The van der Waals surface area contributed by atoms with Crippen molar-refractivity contribution in [3.63, 3.8) is 0 Å². The van der Waals surface area contributed by atoms with Crippen LogP contribution in [-0.2, 0) is 4.74 Å². The van der Waals surface area contributed by atoms with Gasteiger partial charge in [-0.2, -0.15) is 0 Å². The average Bonchev–Trinajstić information content (AvgIpc) is 2.47. The molecule has 1 unspecified atom stereocenters. The summed E-state index contributed by atoms with van der Waals surface area (Å²) in [7, 11) is 2.24. The van der Waals surface area contributed by atoms with Gasteiger partial charge in [0.2, 0.25) is 0 Å². The molecule has 1 heterocycles. The van der Waals surface area contributed by atoms with Crippen LogP contribution in [0.4, 0.5) is 0 Å². The van der Waals surface area contributed by atoms with Crippen molar-refractivity contribution in [2.75, 3.05) is 38.7 Å². The maximum absolute atomic E-state index is 5.43. The Labute approximate surface area is 125 Å². The Morgan fingerprint density at radius 2 is 1.95 bits per heavy atom. The molecule has 1 aromatic carbocycles. The van der Waals surface area contributed by atoms with Gasteiger partial charge in [0.1, 0.15) is 0 Å². The molecule has 1 aliphatic heterocycles. The third kappa shape index (κ3) is 4.90. The molecule has 0 saturated carbocycles. The standard InChI is InChI=1S/C16H24BrNO/c1-18(12-14-7-9-19-10-8-14)13-16(11-17)15-5-3-2-4-6-15/h2-6,14,16H,7-13H2,1H3. The van der Waals surface area contributed by atoms with Gasteiger partial charge in [0.25, 0.3) is 0 Å². The van der Waals surface area contributed by atoms with Gasteiger partial charge in [0, 0.05) is 37.6 Å². The van der Waals surface area contributed by atoms with Gasteiger partial charge in [0.15, 0.2) is 0 Å². The van der Waals surface area contributed by atoms with E-state index in [0.29, 0.717) is 5.92 Å². The third-order valence-electron chi connectivity index (χ3n) is 3.90. The number of hydrogen-bond acceptors (Lipinski definition) is 2. The molecule has 106 valence electrons. The second-order valence-electron chi connectivity index (χ2n) is 5.54. The maximum Gasteiger partial charge on any atom is 0.0469 e. The van der Waals surface area contributed by atoms with Gasteiger partial charge in [-0.1, -0.05) is 46.3 Å². The van der Waals surface area contributed by atoms with Crippen molar-refractivity contribution < 1.29 is 4.74 Å². The predicted molar refractivity (Wildman–Crippen MR) is 84.0 cm³/mol. The number of alkyl halides is 1. The van der Waals surface area contributed by atoms with Crippen molar-refractivity contribution in [1.82, 2.24) is 4.90 Å². The zero-order valence-electron chi connectivity index (χ0n) is 11.7. The molecule has 0 amide bonds. The van der Waals surface area contributed by atoms with E-state index < -0.39 is 0 Å². The van der Waals surface area contributed by atoms with Gasteiger partial charge in [-0.15, -0.1) is 0 Å². The fourth-order valence-electron chi connectivity index (χ4n) is 2.79. The van der Waals surface area contributed by atoms with Gasteiger partial charge < -0.3 is 9.64 Å². The smallest absolute Gasteiger partial charge is 0.0469 e. The highest BCUT2D eigenvalue weighted by atomic mass is 79.9. The van der Waals surface area contributed by atoms with Gasteiger partial charge in [-0.3, -0.25) is 0 Å². The summed E-state index contributed by atoms with van der Waals surface area (Å²) in [6, 6.07) is 10.8. The first kappa shape index (κ1) is 15.0. The fourth-order valence-corrected chi connectivity index (χ4v) is 3.37. The maximum atomic E-state index is 5.43. The van der Waals surface area contributed by atoms with Crippen LogP contribution in [0.5, 0.6) is 0 Å². The average molecular weight is 326 g/mol. The van der Waals surface area contributed by atoms with Crippen LogP contribution >= 0.6 is 15.9 Å². The normalized spacial score (nSPS) is 18.7. The summed E-state index contributed by atoms with van der Waals surface area (Å²) in [5.74, 6) is 1.39. The van der Waals surface area contributed by atoms with E-state index >= 15 is 0 Å². The number of nitrogens with zero attached hydrogens (tertiary/aromatic N) is 1. The van der Waals surface area contributed by atoms with E-state index in [1.54, 1.807) is 0 Å². The van der Waals surface area contributed by atoms with Crippen LogP contribution in [0.1, 0.15) is 24.3 Å². The zero-order valence-corrected chi connectivity index (χ0v) is 13.3. The van der Waals surface area contributed by atoms with Crippen LogP contribution in [-0.4, -0.2) is 43.6 Å². The minimum atomic E-state index is 0.575. The number of ether oxygens (including phenoxy) is 1. The molecule has 0 spiro atoms. The second-order valence-corrected chi connectivity index (χ2v) is 6.19. The fraction of sp³-hybridized carbons (Fsp3) is 0.625. The zero-order chi connectivity index (χ0) is 13.5. The van der Waals surface area contributed by atoms with Crippen molar-refractivity contribution in [1.29, 1.82) is 0 Å². The summed E-state index contributed by atoms with van der Waals surface area (Å²) in [5.41, 5.74) is 1.43. The Morgan fingerprint density at radius 3 is 2.58 bits per heavy atom. The van der Waals surface area contributed by atoms with E-state index in [2.05, 4.69) is 58.2 Å². The highest BCUT2D eigenvalue weighted by Crippen LogP contribution is 2.21. The molecule has 0 aliphatic carbocycles. The molecule has 0 N–H and O–H groups in total. The predicted octanol–water partition coefficient (Wildman–Crippen LogP) is 3.52. The van der Waals surface area contributed by atoms with Crippen LogP contribution < -0.4 is 0 Å². The van der Waals surface area contributed by atoms with Crippen molar-refractivity contribution in [3.05, 3.63) is 35.9 Å². The summed E-state index contributed by atoms with van der Waals surface area (Å²) in [5, 5.41) is 1.02. The number of likely N-dealkylation sites (N-methyl/N-ethyl adjacent to an activating group) is 1. The molecular formula is C16H24BrNO. The lowest BCUT2D eigenvalue weighted by molar-refractivity contribution is 0.0553. The van der Waals surface area contributed by atoms with E-state index in [1.165, 1.54) is 24.9 Å². The van der Waals surface area contributed by atoms with Gasteiger partial charge >= 0.3 is 0 Å². The first-order chi connectivity index (χ1) is 9.29. The number of halogens is 1. The Kier molecular flexibility index (Phi) is 6.35. The lowest BCUT2D eigenvalue weighted by Crippen LogP contribution is -2.32. The SMILES string of the molecule is CN(CC1CCOCC1)CC(CBr)c1ccccc1. The summed E-state index contributed by atoms with van der Waals surface area (Å²) in [4.78, 5) is 2.48. The van der Waals surface area contributed by atoms with Crippen molar-refractivity contribution in [2.45, 2.75) is 18.8 Å². The van der Waals surface area contributed by atoms with E-state index in [4.69, 9.17) is 4.74 Å². The molecule has 0 radical (unpaired) electrons. The van der Waals surface area contributed by atoms with E-state index in [1.807, 2.05) is 0 Å². The molecule has 1 fully saturated rings. The highest BCUT2D eigenvalue weighted by molar-refractivity contribution is 9.09. The van der Waals surface area contributed by atoms with Crippen LogP contribution in [0, 0.1) is 5.92 Å². The van der Waals surface area contributed by atoms with Gasteiger partial charge in [-0.25, -0.2) is 0 Å². The monoisotopic (exact) mass is 325 g/mol.